The lowest BCUT2D eigenvalue weighted by atomic mass is 9.64. The Morgan fingerprint density at radius 3 is 2.24 bits per heavy atom. The number of hydrogen-bond acceptors (Lipinski definition) is 3. The highest BCUT2D eigenvalue weighted by Crippen LogP contribution is 2.56. The average molecular weight is 484 g/mol. The lowest BCUT2D eigenvalue weighted by molar-refractivity contribution is 0.271. The SMILES string of the molecule is C/C=C\C1=C(C)C2=C(CCC#C2)C1(c1ccc2cc(O)ccc2c1)c1ccc2cc(NOC)ccc2c1. The molecule has 2 N–H and O–H groups in total. The average Bonchev–Trinajstić information content (AvgIpc) is 3.17. The molecule has 2 aliphatic carbocycles. The third-order valence-electron chi connectivity index (χ3n) is 7.73. The summed E-state index contributed by atoms with van der Waals surface area (Å²) in [5.74, 6) is 7.14. The fourth-order valence-electron chi connectivity index (χ4n) is 6.18. The topological polar surface area (TPSA) is 41.5 Å². The smallest absolute Gasteiger partial charge is 0.116 e. The van der Waals surface area contributed by atoms with E-state index in [0.29, 0.717) is 0 Å². The summed E-state index contributed by atoms with van der Waals surface area (Å²) in [6.07, 6.45) is 6.20. The Kier molecular flexibility index (Phi) is 5.63. The van der Waals surface area contributed by atoms with Gasteiger partial charge in [-0.1, -0.05) is 60.4 Å². The van der Waals surface area contributed by atoms with E-state index >= 15 is 0 Å². The number of allylic oxidation sites excluding steroid dienone is 6. The summed E-state index contributed by atoms with van der Waals surface area (Å²) in [6.45, 7) is 4.30. The molecule has 0 spiro atoms. The van der Waals surface area contributed by atoms with E-state index in [9.17, 15) is 5.11 Å². The first-order chi connectivity index (χ1) is 18.1. The zero-order valence-corrected chi connectivity index (χ0v) is 21.4. The second kappa shape index (κ2) is 9.00. The molecule has 0 amide bonds. The number of phenols is 1. The molecule has 0 saturated heterocycles. The second-order valence-electron chi connectivity index (χ2n) is 9.77. The molecule has 6 rings (SSSR count). The monoisotopic (exact) mass is 483 g/mol. The van der Waals surface area contributed by atoms with Crippen LogP contribution in [0.3, 0.4) is 0 Å². The molecule has 1 unspecified atom stereocenters. The summed E-state index contributed by atoms with van der Waals surface area (Å²) in [5, 5.41) is 14.5. The van der Waals surface area contributed by atoms with Crippen molar-refractivity contribution in [1.29, 1.82) is 0 Å². The van der Waals surface area contributed by atoms with Crippen LogP contribution in [0.1, 0.15) is 37.8 Å². The van der Waals surface area contributed by atoms with Crippen molar-refractivity contribution >= 4 is 27.2 Å². The van der Waals surface area contributed by atoms with Crippen molar-refractivity contribution in [1.82, 2.24) is 0 Å². The third kappa shape index (κ3) is 3.56. The Morgan fingerprint density at radius 2 is 1.54 bits per heavy atom. The molecule has 0 radical (unpaired) electrons. The van der Waals surface area contributed by atoms with Gasteiger partial charge in [0.25, 0.3) is 0 Å². The summed E-state index contributed by atoms with van der Waals surface area (Å²) in [7, 11) is 1.62. The fraction of sp³-hybridized carbons (Fsp3) is 0.176. The largest absolute Gasteiger partial charge is 0.508 e. The number of benzene rings is 4. The van der Waals surface area contributed by atoms with Crippen molar-refractivity contribution in [3.8, 4) is 17.6 Å². The molecule has 4 aromatic rings. The molecular formula is C34H29NO2. The summed E-state index contributed by atoms with van der Waals surface area (Å²) >= 11 is 0. The van der Waals surface area contributed by atoms with Crippen LogP contribution in [0.25, 0.3) is 21.5 Å². The molecule has 0 saturated carbocycles. The first-order valence-electron chi connectivity index (χ1n) is 12.7. The van der Waals surface area contributed by atoms with Gasteiger partial charge in [0.15, 0.2) is 0 Å². The highest BCUT2D eigenvalue weighted by Gasteiger charge is 2.47. The highest BCUT2D eigenvalue weighted by atomic mass is 16.6. The molecule has 4 aromatic carbocycles. The Balaban J connectivity index is 1.68. The summed E-state index contributed by atoms with van der Waals surface area (Å²) in [5.41, 5.74) is 11.0. The van der Waals surface area contributed by atoms with Crippen LogP contribution in [0.2, 0.25) is 0 Å². The number of nitrogens with one attached hydrogen (secondary N) is 1. The third-order valence-corrected chi connectivity index (χ3v) is 7.73. The van der Waals surface area contributed by atoms with Gasteiger partial charge >= 0.3 is 0 Å². The van der Waals surface area contributed by atoms with Crippen LogP contribution < -0.4 is 5.48 Å². The highest BCUT2D eigenvalue weighted by molar-refractivity contribution is 5.89. The minimum absolute atomic E-state index is 0.283. The zero-order chi connectivity index (χ0) is 25.6. The summed E-state index contributed by atoms with van der Waals surface area (Å²) < 4.78 is 0. The number of aromatic hydroxyl groups is 1. The molecule has 2 aliphatic rings. The van der Waals surface area contributed by atoms with Gasteiger partial charge in [-0.25, -0.2) is 0 Å². The number of hydrogen-bond donors (Lipinski definition) is 2. The molecule has 0 heterocycles. The van der Waals surface area contributed by atoms with Gasteiger partial charge in [0.2, 0.25) is 0 Å². The molecule has 0 aliphatic heterocycles. The van der Waals surface area contributed by atoms with Crippen molar-refractivity contribution in [3.05, 3.63) is 118 Å². The van der Waals surface area contributed by atoms with Gasteiger partial charge in [0.05, 0.1) is 18.2 Å². The van der Waals surface area contributed by atoms with E-state index in [1.165, 1.54) is 38.8 Å². The van der Waals surface area contributed by atoms with Crippen LogP contribution in [0.5, 0.6) is 5.75 Å². The first kappa shape index (κ1) is 23.2. The van der Waals surface area contributed by atoms with E-state index < -0.39 is 5.41 Å². The molecule has 37 heavy (non-hydrogen) atoms. The Morgan fingerprint density at radius 1 is 0.892 bits per heavy atom. The summed E-state index contributed by atoms with van der Waals surface area (Å²) in [6, 6.07) is 25.4. The van der Waals surface area contributed by atoms with Crippen molar-refractivity contribution in [3.63, 3.8) is 0 Å². The van der Waals surface area contributed by atoms with Gasteiger partial charge in [-0.2, -0.15) is 0 Å². The Hall–Kier alpha value is -4.26. The minimum Gasteiger partial charge on any atom is -0.508 e. The van der Waals surface area contributed by atoms with Crippen molar-refractivity contribution in [2.45, 2.75) is 32.1 Å². The second-order valence-corrected chi connectivity index (χ2v) is 9.77. The van der Waals surface area contributed by atoms with E-state index in [4.69, 9.17) is 4.84 Å². The van der Waals surface area contributed by atoms with E-state index in [0.717, 1.165) is 34.7 Å². The van der Waals surface area contributed by atoms with Crippen molar-refractivity contribution in [2.75, 3.05) is 12.6 Å². The fourth-order valence-corrected chi connectivity index (χ4v) is 6.18. The van der Waals surface area contributed by atoms with Crippen LogP contribution in [-0.4, -0.2) is 12.2 Å². The maximum Gasteiger partial charge on any atom is 0.116 e. The lowest BCUT2D eigenvalue weighted by Crippen LogP contribution is -2.31. The maximum absolute atomic E-state index is 10.0. The van der Waals surface area contributed by atoms with E-state index in [1.807, 2.05) is 18.2 Å². The van der Waals surface area contributed by atoms with Crippen molar-refractivity contribution < 1.29 is 9.94 Å². The molecular weight excluding hydrogens is 454 g/mol. The zero-order valence-electron chi connectivity index (χ0n) is 21.4. The van der Waals surface area contributed by atoms with Crippen LogP contribution >= 0.6 is 0 Å². The van der Waals surface area contributed by atoms with E-state index in [-0.39, 0.29) is 5.75 Å². The molecule has 3 heteroatoms. The lowest BCUT2D eigenvalue weighted by Gasteiger charge is -2.37. The molecule has 1 atom stereocenters. The minimum atomic E-state index is -0.440. The van der Waals surface area contributed by atoms with E-state index in [2.05, 4.69) is 91.9 Å². The molecule has 182 valence electrons. The number of rotatable bonds is 5. The predicted octanol–water partition coefficient (Wildman–Crippen LogP) is 7.96. The van der Waals surface area contributed by atoms with Crippen LogP contribution in [0, 0.1) is 11.8 Å². The van der Waals surface area contributed by atoms with Crippen LogP contribution in [0.4, 0.5) is 5.69 Å². The number of anilines is 1. The summed E-state index contributed by atoms with van der Waals surface area (Å²) in [4.78, 5) is 5.11. The molecule has 0 aromatic heterocycles. The Bertz CT molecular complexity index is 1730. The predicted molar refractivity (Wildman–Crippen MR) is 153 cm³/mol. The normalized spacial score (nSPS) is 19.0. The van der Waals surface area contributed by atoms with Gasteiger partial charge in [-0.15, -0.1) is 0 Å². The quantitative estimate of drug-likeness (QED) is 0.223. The van der Waals surface area contributed by atoms with Crippen molar-refractivity contribution in [2.24, 2.45) is 0 Å². The van der Waals surface area contributed by atoms with Gasteiger partial charge in [0, 0.05) is 12.0 Å². The maximum atomic E-state index is 10.0. The molecule has 0 bridgehead atoms. The molecule has 0 fully saturated rings. The standard InChI is InChI=1S/C34H29NO2/c1-4-7-32-22(2)31-8-5-6-9-33(31)34(32,28-15-11-26-21-30(36)17-13-24(26)19-28)27-14-10-25-20-29(35-37-3)16-12-23(25)18-27/h4,7,10-21,35-36H,6,9H2,1-3H3/b7-4-. The van der Waals surface area contributed by atoms with Crippen LogP contribution in [0.15, 0.2) is 107 Å². The van der Waals surface area contributed by atoms with Gasteiger partial charge in [-0.05, 0) is 106 Å². The Labute approximate surface area is 217 Å². The van der Waals surface area contributed by atoms with Crippen LogP contribution in [-0.2, 0) is 10.3 Å². The number of fused-ring (bicyclic) bond motifs is 2. The van der Waals surface area contributed by atoms with Gasteiger partial charge in [-0.3, -0.25) is 10.3 Å². The number of phenolic OH excluding ortho intramolecular Hbond substituents is 1. The van der Waals surface area contributed by atoms with E-state index in [1.54, 1.807) is 13.2 Å². The van der Waals surface area contributed by atoms with Gasteiger partial charge < -0.3 is 5.11 Å². The first-order valence-corrected chi connectivity index (χ1v) is 12.7. The van der Waals surface area contributed by atoms with Gasteiger partial charge in [0.1, 0.15) is 5.75 Å². The molecule has 3 nitrogen and oxygen atoms in total.